The van der Waals surface area contributed by atoms with Gasteiger partial charge in [0, 0.05) is 19.5 Å². The summed E-state index contributed by atoms with van der Waals surface area (Å²) in [7, 11) is 1.30. The molecule has 0 bridgehead atoms. The Bertz CT molecular complexity index is 179. The number of hydrogen-bond acceptors (Lipinski definition) is 4. The van der Waals surface area contributed by atoms with Gasteiger partial charge in [-0.05, 0) is 0 Å². The molecule has 0 aliphatic carbocycles. The standard InChI is InChI=1S/C7H11NO3.2ClH/c1-11-7(10)5-4-8-3-2-6(5)9;;/h5,8H,2-4H2,1H3;2*1H. The molecule has 0 aromatic carbocycles. The molecule has 78 valence electrons. The molecule has 0 aromatic heterocycles. The van der Waals surface area contributed by atoms with E-state index in [0.717, 1.165) is 0 Å². The number of Topliss-reactive ketones (excluding diaryl/α,β-unsaturated/α-hetero) is 1. The van der Waals surface area contributed by atoms with Crippen LogP contribution in [0.3, 0.4) is 0 Å². The highest BCUT2D eigenvalue weighted by molar-refractivity contribution is 5.99. The minimum atomic E-state index is -0.575. The van der Waals surface area contributed by atoms with E-state index >= 15 is 0 Å². The second-order valence-corrected chi connectivity index (χ2v) is 2.50. The van der Waals surface area contributed by atoms with Gasteiger partial charge >= 0.3 is 5.97 Å². The average molecular weight is 230 g/mol. The van der Waals surface area contributed by atoms with Crippen LogP contribution >= 0.6 is 24.8 Å². The smallest absolute Gasteiger partial charge is 0.317 e. The number of nitrogens with one attached hydrogen (secondary N) is 1. The largest absolute Gasteiger partial charge is 0.468 e. The number of ketones is 1. The minimum absolute atomic E-state index is 0. The summed E-state index contributed by atoms with van der Waals surface area (Å²) >= 11 is 0. The number of halogens is 2. The normalized spacial score (nSPS) is 21.0. The van der Waals surface area contributed by atoms with Gasteiger partial charge in [-0.25, -0.2) is 0 Å². The summed E-state index contributed by atoms with van der Waals surface area (Å²) in [4.78, 5) is 21.9. The van der Waals surface area contributed by atoms with Crippen LogP contribution in [0.2, 0.25) is 0 Å². The molecule has 13 heavy (non-hydrogen) atoms. The molecule has 0 radical (unpaired) electrons. The van der Waals surface area contributed by atoms with Crippen LogP contribution in [0.15, 0.2) is 0 Å². The number of ether oxygens (including phenoxy) is 1. The van der Waals surface area contributed by atoms with Gasteiger partial charge in [0.1, 0.15) is 11.7 Å². The highest BCUT2D eigenvalue weighted by Crippen LogP contribution is 2.06. The maximum absolute atomic E-state index is 11.1. The van der Waals surface area contributed by atoms with Gasteiger partial charge in [0.2, 0.25) is 0 Å². The van der Waals surface area contributed by atoms with Crippen LogP contribution in [0.4, 0.5) is 0 Å². The number of methoxy groups -OCH3 is 1. The second-order valence-electron chi connectivity index (χ2n) is 2.50. The zero-order valence-corrected chi connectivity index (χ0v) is 8.87. The van der Waals surface area contributed by atoms with Crippen molar-refractivity contribution in [1.29, 1.82) is 0 Å². The molecule has 1 heterocycles. The molecule has 0 saturated carbocycles. The first-order valence-electron chi connectivity index (χ1n) is 3.57. The van der Waals surface area contributed by atoms with Crippen LogP contribution in [0.25, 0.3) is 0 Å². The second kappa shape index (κ2) is 7.12. The Morgan fingerprint density at radius 1 is 1.54 bits per heavy atom. The van der Waals surface area contributed by atoms with Crippen molar-refractivity contribution < 1.29 is 14.3 Å². The number of esters is 1. The van der Waals surface area contributed by atoms with E-state index in [1.807, 2.05) is 0 Å². The van der Waals surface area contributed by atoms with Crippen molar-refractivity contribution in [2.24, 2.45) is 5.92 Å². The van der Waals surface area contributed by atoms with Gasteiger partial charge in [0.05, 0.1) is 7.11 Å². The topological polar surface area (TPSA) is 55.4 Å². The summed E-state index contributed by atoms with van der Waals surface area (Å²) in [6, 6.07) is 0. The van der Waals surface area contributed by atoms with Crippen LogP contribution < -0.4 is 5.32 Å². The van der Waals surface area contributed by atoms with E-state index in [-0.39, 0.29) is 30.6 Å². The van der Waals surface area contributed by atoms with E-state index in [0.29, 0.717) is 19.5 Å². The first-order valence-corrected chi connectivity index (χ1v) is 3.57. The molecule has 1 aliphatic rings. The lowest BCUT2D eigenvalue weighted by atomic mass is 9.98. The number of carbonyl (C=O) groups is 2. The van der Waals surface area contributed by atoms with Crippen molar-refractivity contribution in [2.45, 2.75) is 6.42 Å². The lowest BCUT2D eigenvalue weighted by molar-refractivity contribution is -0.149. The summed E-state index contributed by atoms with van der Waals surface area (Å²) in [6.45, 7) is 1.10. The Kier molecular flexibility index (Phi) is 8.30. The zero-order valence-electron chi connectivity index (χ0n) is 7.24. The van der Waals surface area contributed by atoms with Crippen LogP contribution in [0.5, 0.6) is 0 Å². The van der Waals surface area contributed by atoms with Gasteiger partial charge in [-0.1, -0.05) is 0 Å². The Labute approximate surface area is 89.2 Å². The van der Waals surface area contributed by atoms with E-state index in [9.17, 15) is 9.59 Å². The van der Waals surface area contributed by atoms with Gasteiger partial charge in [-0.15, -0.1) is 24.8 Å². The summed E-state index contributed by atoms with van der Waals surface area (Å²) in [5, 5.41) is 2.96. The van der Waals surface area contributed by atoms with E-state index in [4.69, 9.17) is 0 Å². The molecule has 1 aliphatic heterocycles. The Balaban J connectivity index is 0. The van der Waals surface area contributed by atoms with Crippen molar-refractivity contribution in [1.82, 2.24) is 5.32 Å². The molecular formula is C7H13Cl2NO3. The molecule has 1 saturated heterocycles. The molecular weight excluding hydrogens is 217 g/mol. The summed E-state index contributed by atoms with van der Waals surface area (Å²) in [5.41, 5.74) is 0. The summed E-state index contributed by atoms with van der Waals surface area (Å²) in [5.74, 6) is -1.02. The summed E-state index contributed by atoms with van der Waals surface area (Å²) in [6.07, 6.45) is 0.430. The number of carbonyl (C=O) groups excluding carboxylic acids is 2. The molecule has 1 atom stereocenters. The SMILES string of the molecule is COC(=O)C1CNCCC1=O.Cl.Cl. The Hall–Kier alpha value is -0.320. The van der Waals surface area contributed by atoms with Crippen LogP contribution in [-0.2, 0) is 14.3 Å². The van der Waals surface area contributed by atoms with Crippen LogP contribution in [0, 0.1) is 5.92 Å². The zero-order chi connectivity index (χ0) is 8.27. The van der Waals surface area contributed by atoms with Crippen molar-refractivity contribution >= 4 is 36.6 Å². The van der Waals surface area contributed by atoms with E-state index in [2.05, 4.69) is 10.1 Å². The van der Waals surface area contributed by atoms with E-state index in [1.165, 1.54) is 7.11 Å². The molecule has 0 aromatic rings. The quantitative estimate of drug-likeness (QED) is 0.515. The molecule has 1 N–H and O–H groups in total. The van der Waals surface area contributed by atoms with Crippen molar-refractivity contribution in [2.75, 3.05) is 20.2 Å². The van der Waals surface area contributed by atoms with E-state index < -0.39 is 11.9 Å². The Morgan fingerprint density at radius 3 is 2.62 bits per heavy atom. The van der Waals surface area contributed by atoms with Crippen molar-refractivity contribution in [3.63, 3.8) is 0 Å². The third-order valence-corrected chi connectivity index (χ3v) is 1.77. The van der Waals surface area contributed by atoms with Gasteiger partial charge < -0.3 is 10.1 Å². The van der Waals surface area contributed by atoms with Crippen LogP contribution in [-0.4, -0.2) is 32.0 Å². The molecule has 6 heteroatoms. The number of rotatable bonds is 1. The molecule has 0 spiro atoms. The summed E-state index contributed by atoms with van der Waals surface area (Å²) < 4.78 is 4.46. The minimum Gasteiger partial charge on any atom is -0.468 e. The first kappa shape index (κ1) is 15.2. The molecule has 0 amide bonds. The number of piperidine rings is 1. The highest BCUT2D eigenvalue weighted by Gasteiger charge is 2.29. The lowest BCUT2D eigenvalue weighted by Crippen LogP contribution is -2.41. The van der Waals surface area contributed by atoms with Gasteiger partial charge in [-0.2, -0.15) is 0 Å². The monoisotopic (exact) mass is 229 g/mol. The predicted octanol–water partition coefficient (Wildman–Crippen LogP) is 0.182. The molecule has 1 rings (SSSR count). The average Bonchev–Trinajstić information content (AvgIpc) is 2.04. The molecule has 1 fully saturated rings. The van der Waals surface area contributed by atoms with Gasteiger partial charge in [-0.3, -0.25) is 9.59 Å². The van der Waals surface area contributed by atoms with Crippen molar-refractivity contribution in [3.8, 4) is 0 Å². The Morgan fingerprint density at radius 2 is 2.15 bits per heavy atom. The van der Waals surface area contributed by atoms with Crippen LogP contribution in [0.1, 0.15) is 6.42 Å². The molecule has 4 nitrogen and oxygen atoms in total. The maximum Gasteiger partial charge on any atom is 0.317 e. The van der Waals surface area contributed by atoms with Gasteiger partial charge in [0.15, 0.2) is 0 Å². The third kappa shape index (κ3) is 3.93. The van der Waals surface area contributed by atoms with Crippen molar-refractivity contribution in [3.05, 3.63) is 0 Å². The fourth-order valence-electron chi connectivity index (χ4n) is 1.10. The molecule has 1 unspecified atom stereocenters. The first-order chi connectivity index (χ1) is 5.25. The lowest BCUT2D eigenvalue weighted by Gasteiger charge is -2.18. The maximum atomic E-state index is 11.1. The fourth-order valence-corrected chi connectivity index (χ4v) is 1.10. The fraction of sp³-hybridized carbons (Fsp3) is 0.714. The van der Waals surface area contributed by atoms with Gasteiger partial charge in [0.25, 0.3) is 0 Å². The number of hydrogen-bond donors (Lipinski definition) is 1. The van der Waals surface area contributed by atoms with E-state index in [1.54, 1.807) is 0 Å². The predicted molar refractivity (Wildman–Crippen MR) is 52.5 cm³/mol. The highest BCUT2D eigenvalue weighted by atomic mass is 35.5. The third-order valence-electron chi connectivity index (χ3n) is 1.77.